The van der Waals surface area contributed by atoms with Crippen LogP contribution in [0.25, 0.3) is 0 Å². The maximum absolute atomic E-state index is 10.7. The lowest BCUT2D eigenvalue weighted by Gasteiger charge is -2.52. The van der Waals surface area contributed by atoms with Gasteiger partial charge in [-0.25, -0.2) is 0 Å². The van der Waals surface area contributed by atoms with E-state index in [2.05, 4.69) is 6.92 Å². The summed E-state index contributed by atoms with van der Waals surface area (Å²) in [6, 6.07) is 5.70. The number of hydrogen-bond donors (Lipinski definition) is 3. The smallest absolute Gasteiger partial charge is 0.115 e. The van der Waals surface area contributed by atoms with Crippen molar-refractivity contribution in [1.82, 2.24) is 0 Å². The van der Waals surface area contributed by atoms with Crippen LogP contribution in [0.4, 0.5) is 0 Å². The van der Waals surface area contributed by atoms with Crippen LogP contribution >= 0.6 is 0 Å². The predicted octanol–water partition coefficient (Wildman–Crippen LogP) is 2.58. The largest absolute Gasteiger partial charge is 0.508 e. The Morgan fingerprint density at radius 2 is 1.90 bits per heavy atom. The molecule has 0 saturated heterocycles. The minimum Gasteiger partial charge on any atom is -0.508 e. The van der Waals surface area contributed by atoms with E-state index in [-0.39, 0.29) is 11.5 Å². The highest BCUT2D eigenvalue weighted by Gasteiger charge is 2.58. The number of hydrogen-bond acceptors (Lipinski definition) is 3. The third-order valence-corrected chi connectivity index (χ3v) is 6.77. The average molecular weight is 288 g/mol. The molecule has 3 aliphatic rings. The first-order valence-electron chi connectivity index (χ1n) is 8.19. The number of phenols is 1. The number of aliphatic hydroxyl groups is 2. The van der Waals surface area contributed by atoms with Crippen LogP contribution in [0.15, 0.2) is 18.2 Å². The molecular weight excluding hydrogens is 264 g/mol. The molecule has 1 aromatic rings. The number of rotatable bonds is 0. The van der Waals surface area contributed by atoms with Crippen LogP contribution in [0, 0.1) is 17.3 Å². The van der Waals surface area contributed by atoms with Gasteiger partial charge in [-0.15, -0.1) is 0 Å². The molecule has 2 fully saturated rings. The summed E-state index contributed by atoms with van der Waals surface area (Å²) in [5, 5.41) is 30.8. The van der Waals surface area contributed by atoms with Gasteiger partial charge in [-0.1, -0.05) is 13.0 Å². The van der Waals surface area contributed by atoms with E-state index in [1.165, 1.54) is 11.1 Å². The highest BCUT2D eigenvalue weighted by atomic mass is 16.3. The summed E-state index contributed by atoms with van der Waals surface area (Å²) >= 11 is 0. The van der Waals surface area contributed by atoms with Gasteiger partial charge in [0.15, 0.2) is 0 Å². The molecule has 21 heavy (non-hydrogen) atoms. The zero-order chi connectivity index (χ0) is 14.8. The van der Waals surface area contributed by atoms with Crippen molar-refractivity contribution in [2.45, 2.75) is 57.2 Å². The molecule has 6 atom stereocenters. The van der Waals surface area contributed by atoms with Gasteiger partial charge in [0.2, 0.25) is 0 Å². The number of fused-ring (bicyclic) bond motifs is 5. The van der Waals surface area contributed by atoms with Crippen molar-refractivity contribution in [1.29, 1.82) is 0 Å². The number of benzene rings is 1. The van der Waals surface area contributed by atoms with Crippen molar-refractivity contribution in [3.8, 4) is 5.75 Å². The van der Waals surface area contributed by atoms with Gasteiger partial charge in [0.05, 0.1) is 12.2 Å². The fraction of sp³-hybridized carbons (Fsp3) is 0.667. The first-order valence-corrected chi connectivity index (χ1v) is 8.19. The van der Waals surface area contributed by atoms with Gasteiger partial charge in [-0.2, -0.15) is 0 Å². The van der Waals surface area contributed by atoms with Crippen molar-refractivity contribution >= 4 is 0 Å². The fourth-order valence-corrected chi connectivity index (χ4v) is 5.55. The molecule has 0 aliphatic heterocycles. The molecule has 3 N–H and O–H groups in total. The van der Waals surface area contributed by atoms with E-state index in [0.717, 1.165) is 32.1 Å². The second-order valence-corrected chi connectivity index (χ2v) is 7.51. The monoisotopic (exact) mass is 288 g/mol. The van der Waals surface area contributed by atoms with E-state index >= 15 is 0 Å². The van der Waals surface area contributed by atoms with Crippen LogP contribution in [0.5, 0.6) is 5.75 Å². The van der Waals surface area contributed by atoms with E-state index < -0.39 is 6.10 Å². The highest BCUT2D eigenvalue weighted by molar-refractivity contribution is 5.40. The second-order valence-electron chi connectivity index (χ2n) is 7.51. The Morgan fingerprint density at radius 3 is 2.71 bits per heavy atom. The first-order chi connectivity index (χ1) is 10.0. The summed E-state index contributed by atoms with van der Waals surface area (Å²) in [6.07, 6.45) is 3.92. The number of aliphatic hydroxyl groups excluding tert-OH is 2. The quantitative estimate of drug-likeness (QED) is 0.687. The topological polar surface area (TPSA) is 60.7 Å². The Labute approximate surface area is 125 Å². The molecule has 1 aromatic carbocycles. The van der Waals surface area contributed by atoms with Crippen LogP contribution in [0.1, 0.15) is 49.7 Å². The van der Waals surface area contributed by atoms with E-state index in [0.29, 0.717) is 23.5 Å². The lowest BCUT2D eigenvalue weighted by Crippen LogP contribution is -2.52. The van der Waals surface area contributed by atoms with E-state index in [1.807, 2.05) is 12.1 Å². The van der Waals surface area contributed by atoms with E-state index in [9.17, 15) is 15.3 Å². The molecule has 0 amide bonds. The van der Waals surface area contributed by atoms with Gasteiger partial charge in [0, 0.05) is 5.41 Å². The normalized spacial score (nSPS) is 44.8. The molecular formula is C18H24O3. The van der Waals surface area contributed by atoms with Crippen LogP contribution in [-0.4, -0.2) is 27.5 Å². The molecule has 0 spiro atoms. The highest BCUT2D eigenvalue weighted by Crippen LogP contribution is 2.60. The predicted molar refractivity (Wildman–Crippen MR) is 80.1 cm³/mol. The summed E-state index contributed by atoms with van der Waals surface area (Å²) in [5.74, 6) is 1.70. The third kappa shape index (κ3) is 1.74. The summed E-state index contributed by atoms with van der Waals surface area (Å²) in [6.45, 7) is 2.09. The molecule has 0 bridgehead atoms. The summed E-state index contributed by atoms with van der Waals surface area (Å²) < 4.78 is 0. The zero-order valence-corrected chi connectivity index (χ0v) is 12.5. The average Bonchev–Trinajstić information content (AvgIpc) is 2.77. The van der Waals surface area contributed by atoms with Crippen molar-refractivity contribution in [3.05, 3.63) is 29.3 Å². The van der Waals surface area contributed by atoms with Gasteiger partial charge in [-0.05, 0) is 73.1 Å². The Kier molecular flexibility index (Phi) is 2.89. The summed E-state index contributed by atoms with van der Waals surface area (Å²) in [5.41, 5.74) is 2.23. The Bertz CT molecular complexity index is 570. The van der Waals surface area contributed by atoms with Crippen molar-refractivity contribution in [2.75, 3.05) is 0 Å². The van der Waals surface area contributed by atoms with Gasteiger partial charge < -0.3 is 15.3 Å². The molecule has 0 aromatic heterocycles. The Hall–Kier alpha value is -1.06. The molecule has 4 rings (SSSR count). The van der Waals surface area contributed by atoms with Crippen LogP contribution in [0.3, 0.4) is 0 Å². The SMILES string of the molecule is C[C@]12C(O)C[C@@H]3c4ccc(O)cc4CC[C@H]3[C@@H]1CC[C@@H]2O. The van der Waals surface area contributed by atoms with E-state index in [1.54, 1.807) is 6.07 Å². The molecule has 3 aliphatic carbocycles. The minimum absolute atomic E-state index is 0.324. The lowest BCUT2D eigenvalue weighted by atomic mass is 9.54. The summed E-state index contributed by atoms with van der Waals surface area (Å²) in [4.78, 5) is 0. The molecule has 0 heterocycles. The van der Waals surface area contributed by atoms with Gasteiger partial charge >= 0.3 is 0 Å². The van der Waals surface area contributed by atoms with Gasteiger partial charge in [-0.3, -0.25) is 0 Å². The third-order valence-electron chi connectivity index (χ3n) is 6.77. The van der Waals surface area contributed by atoms with Crippen LogP contribution in [0.2, 0.25) is 0 Å². The van der Waals surface area contributed by atoms with Gasteiger partial charge in [0.1, 0.15) is 5.75 Å². The molecule has 1 unspecified atom stereocenters. The number of aromatic hydroxyl groups is 1. The maximum atomic E-state index is 10.7. The fourth-order valence-electron chi connectivity index (χ4n) is 5.55. The standard InChI is InChI=1S/C18H24O3/c1-18-15(6-7-16(18)20)13-4-2-10-8-11(19)3-5-12(10)14(13)9-17(18)21/h3,5,8,13-17,19-21H,2,4,6-7,9H2,1H3/t13-,14-,15+,16+,17?,18+/m1/s1. The molecule has 3 nitrogen and oxygen atoms in total. The molecule has 2 saturated carbocycles. The minimum atomic E-state index is -0.430. The second kappa shape index (κ2) is 4.47. The van der Waals surface area contributed by atoms with Crippen molar-refractivity contribution < 1.29 is 15.3 Å². The first kappa shape index (κ1) is 13.6. The van der Waals surface area contributed by atoms with Crippen LogP contribution in [-0.2, 0) is 6.42 Å². The Balaban J connectivity index is 1.75. The zero-order valence-electron chi connectivity index (χ0n) is 12.5. The van der Waals surface area contributed by atoms with Gasteiger partial charge in [0.25, 0.3) is 0 Å². The molecule has 3 heteroatoms. The number of phenolic OH excluding ortho intramolecular Hbond substituents is 1. The van der Waals surface area contributed by atoms with Crippen molar-refractivity contribution in [2.24, 2.45) is 17.3 Å². The maximum Gasteiger partial charge on any atom is 0.115 e. The Morgan fingerprint density at radius 1 is 1.10 bits per heavy atom. The van der Waals surface area contributed by atoms with Crippen LogP contribution < -0.4 is 0 Å². The number of aryl methyl sites for hydroxylation is 1. The lowest BCUT2D eigenvalue weighted by molar-refractivity contribution is -0.114. The van der Waals surface area contributed by atoms with Crippen molar-refractivity contribution in [3.63, 3.8) is 0 Å². The molecule has 114 valence electrons. The van der Waals surface area contributed by atoms with E-state index in [4.69, 9.17) is 0 Å². The summed E-state index contributed by atoms with van der Waals surface area (Å²) in [7, 11) is 0. The molecule has 0 radical (unpaired) electrons.